The van der Waals surface area contributed by atoms with Crippen molar-refractivity contribution >= 4 is 34.1 Å². The molecule has 0 radical (unpaired) electrons. The van der Waals surface area contributed by atoms with Gasteiger partial charge in [0.25, 0.3) is 0 Å². The summed E-state index contributed by atoms with van der Waals surface area (Å²) in [5, 5.41) is 9.01. The molecule has 0 fully saturated rings. The Balaban J connectivity index is 3.60. The van der Waals surface area contributed by atoms with Crippen LogP contribution in [0.2, 0.25) is 19.1 Å². The smallest absolute Gasteiger partial charge is 0.167 e. The predicted octanol–water partition coefficient (Wildman–Crippen LogP) is 2.37. The highest BCUT2D eigenvalue weighted by Gasteiger charge is 2.23. The van der Waals surface area contributed by atoms with Crippen molar-refractivity contribution in [2.75, 3.05) is 0 Å². The lowest BCUT2D eigenvalue weighted by atomic mass is 10.4. The monoisotopic (exact) mass is 250 g/mol. The van der Waals surface area contributed by atoms with Gasteiger partial charge in [0.1, 0.15) is 0 Å². The molecular weight excluding hydrogens is 228 g/mol. The van der Waals surface area contributed by atoms with E-state index in [1.807, 2.05) is 0 Å². The predicted molar refractivity (Wildman–Crippen MR) is 71.5 cm³/mol. The maximum Gasteiger partial charge on any atom is 0.167 e. The van der Waals surface area contributed by atoms with E-state index in [-0.39, 0.29) is 14.1 Å². The Kier molecular flexibility index (Phi) is 6.85. The van der Waals surface area contributed by atoms with E-state index >= 15 is 0 Å². The molecule has 0 aromatic rings. The lowest BCUT2D eigenvalue weighted by Crippen LogP contribution is -2.40. The highest BCUT2D eigenvalue weighted by atomic mass is 32.1. The molecule has 0 aliphatic carbocycles. The van der Waals surface area contributed by atoms with Crippen LogP contribution < -0.4 is 0 Å². The van der Waals surface area contributed by atoms with E-state index in [9.17, 15) is 0 Å². The first-order valence-corrected chi connectivity index (χ1v) is 11.9. The zero-order valence-corrected chi connectivity index (χ0v) is 12.9. The SMILES string of the molecule is CC(C)O[Si](C)(C)[SiH2]CCCC(O)=S. The van der Waals surface area contributed by atoms with Gasteiger partial charge in [-0.3, -0.25) is 0 Å². The largest absolute Gasteiger partial charge is 0.502 e. The lowest BCUT2D eigenvalue weighted by molar-refractivity contribution is 0.241. The summed E-state index contributed by atoms with van der Waals surface area (Å²) in [7, 11) is -1.43. The molecule has 0 rings (SSSR count). The topological polar surface area (TPSA) is 29.5 Å². The van der Waals surface area contributed by atoms with Crippen LogP contribution >= 0.6 is 12.2 Å². The summed E-state index contributed by atoms with van der Waals surface area (Å²) in [6, 6.07) is 1.24. The molecule has 0 saturated heterocycles. The zero-order valence-electron chi connectivity index (χ0n) is 9.67. The maximum absolute atomic E-state index is 8.85. The van der Waals surface area contributed by atoms with Crippen molar-refractivity contribution in [2.45, 2.75) is 51.9 Å². The van der Waals surface area contributed by atoms with Crippen molar-refractivity contribution < 1.29 is 9.53 Å². The zero-order chi connectivity index (χ0) is 11.2. The number of hydrogen-bond acceptors (Lipinski definition) is 2. The molecule has 0 heterocycles. The van der Waals surface area contributed by atoms with Crippen LogP contribution in [0, 0.1) is 0 Å². The molecule has 0 bridgehead atoms. The van der Waals surface area contributed by atoms with Crippen LogP contribution in [-0.2, 0) is 4.43 Å². The molecule has 84 valence electrons. The molecule has 1 N–H and O–H groups in total. The Morgan fingerprint density at radius 3 is 2.50 bits per heavy atom. The van der Waals surface area contributed by atoms with Gasteiger partial charge in [0.05, 0.1) is 0 Å². The fraction of sp³-hybridized carbons (Fsp3) is 0.889. The Morgan fingerprint density at radius 1 is 1.50 bits per heavy atom. The highest BCUT2D eigenvalue weighted by Crippen LogP contribution is 2.10. The van der Waals surface area contributed by atoms with Crippen molar-refractivity contribution in [3.05, 3.63) is 0 Å². The third-order valence-corrected chi connectivity index (χ3v) is 10.5. The standard InChI is InChI=1S/C9H22O2SSi2/c1-8(2)11-14(3,4)13-7-5-6-9(10)12/h8H,5-7,13H2,1-4H3,(H,10,12). The van der Waals surface area contributed by atoms with Crippen molar-refractivity contribution in [1.82, 2.24) is 0 Å². The van der Waals surface area contributed by atoms with Gasteiger partial charge in [-0.25, -0.2) is 0 Å². The summed E-state index contributed by atoms with van der Waals surface area (Å²) in [5.74, 6) is 0. The summed E-state index contributed by atoms with van der Waals surface area (Å²) in [6.07, 6.45) is 2.09. The molecule has 0 amide bonds. The average Bonchev–Trinajstić information content (AvgIpc) is 1.95. The fourth-order valence-corrected chi connectivity index (χ4v) is 9.07. The number of thiocarbonyl (C=S) groups is 1. The summed E-state index contributed by atoms with van der Waals surface area (Å²) < 4.78 is 5.95. The molecule has 2 nitrogen and oxygen atoms in total. The van der Waals surface area contributed by atoms with Gasteiger partial charge in [0, 0.05) is 21.6 Å². The van der Waals surface area contributed by atoms with Crippen LogP contribution in [0.15, 0.2) is 0 Å². The molecule has 0 saturated carbocycles. The highest BCUT2D eigenvalue weighted by molar-refractivity contribution is 7.80. The second-order valence-electron chi connectivity index (χ2n) is 4.53. The summed E-state index contributed by atoms with van der Waals surface area (Å²) in [5.41, 5.74) is 0. The molecule has 0 atom stereocenters. The molecule has 0 aliphatic heterocycles. The lowest BCUT2D eigenvalue weighted by Gasteiger charge is -2.25. The van der Waals surface area contributed by atoms with Crippen LogP contribution in [0.1, 0.15) is 26.7 Å². The van der Waals surface area contributed by atoms with Gasteiger partial charge in [-0.05, 0) is 45.6 Å². The van der Waals surface area contributed by atoms with E-state index in [4.69, 9.17) is 9.53 Å². The average molecular weight is 251 g/mol. The Labute approximate surface area is 95.8 Å². The normalized spacial score (nSPS) is 12.9. The van der Waals surface area contributed by atoms with Gasteiger partial charge in [-0.1, -0.05) is 6.04 Å². The van der Waals surface area contributed by atoms with E-state index in [0.29, 0.717) is 12.5 Å². The first-order chi connectivity index (χ1) is 6.33. The Hall–Kier alpha value is 0.284. The molecule has 0 aromatic carbocycles. The summed E-state index contributed by atoms with van der Waals surface area (Å²) >= 11 is 4.62. The Morgan fingerprint density at radius 2 is 2.07 bits per heavy atom. The quantitative estimate of drug-likeness (QED) is 0.427. The summed E-state index contributed by atoms with van der Waals surface area (Å²) in [6.45, 7) is 8.81. The third kappa shape index (κ3) is 8.86. The van der Waals surface area contributed by atoms with E-state index in [2.05, 4.69) is 39.2 Å². The Bertz CT molecular complexity index is 184. The third-order valence-electron chi connectivity index (χ3n) is 1.97. The minimum absolute atomic E-state index is 0.101. The van der Waals surface area contributed by atoms with Gasteiger partial charge in [-0.15, -0.1) is 0 Å². The van der Waals surface area contributed by atoms with Crippen LogP contribution in [0.5, 0.6) is 0 Å². The second-order valence-corrected chi connectivity index (χ2v) is 16.6. The van der Waals surface area contributed by atoms with E-state index in [1.165, 1.54) is 6.04 Å². The molecule has 0 spiro atoms. The minimum atomic E-state index is -1.32. The van der Waals surface area contributed by atoms with Gasteiger partial charge >= 0.3 is 0 Å². The number of rotatable bonds is 7. The molecule has 0 aromatic heterocycles. The van der Waals surface area contributed by atoms with Crippen LogP contribution in [0.4, 0.5) is 0 Å². The van der Waals surface area contributed by atoms with Crippen LogP contribution in [-0.4, -0.2) is 33.1 Å². The number of aliphatic hydroxyl groups is 1. The van der Waals surface area contributed by atoms with E-state index in [1.54, 1.807) is 0 Å². The van der Waals surface area contributed by atoms with Gasteiger partial charge < -0.3 is 9.53 Å². The maximum atomic E-state index is 8.85. The molecule has 14 heavy (non-hydrogen) atoms. The number of aliphatic hydroxyl groups excluding tert-OH is 1. The van der Waals surface area contributed by atoms with Gasteiger partial charge in [-0.2, -0.15) is 0 Å². The van der Waals surface area contributed by atoms with Gasteiger partial charge in [0.15, 0.2) is 12.9 Å². The van der Waals surface area contributed by atoms with Crippen LogP contribution in [0.3, 0.4) is 0 Å². The van der Waals surface area contributed by atoms with Crippen molar-refractivity contribution in [3.63, 3.8) is 0 Å². The molecule has 5 heteroatoms. The van der Waals surface area contributed by atoms with Crippen molar-refractivity contribution in [2.24, 2.45) is 0 Å². The summed E-state index contributed by atoms with van der Waals surface area (Å²) in [4.78, 5) is 0. The number of hydrogen-bond donors (Lipinski definition) is 1. The molecular formula is C9H22O2SSi2. The second kappa shape index (κ2) is 6.71. The molecule has 0 aliphatic rings. The van der Waals surface area contributed by atoms with E-state index < -0.39 is 7.83 Å². The fourth-order valence-electron chi connectivity index (χ4n) is 1.52. The first-order valence-electron chi connectivity index (χ1n) is 5.23. The molecule has 0 unspecified atom stereocenters. The van der Waals surface area contributed by atoms with Crippen molar-refractivity contribution in [3.8, 4) is 0 Å². The minimum Gasteiger partial charge on any atom is -0.502 e. The van der Waals surface area contributed by atoms with Gasteiger partial charge in [0.2, 0.25) is 0 Å². The van der Waals surface area contributed by atoms with Crippen molar-refractivity contribution in [1.29, 1.82) is 0 Å². The first kappa shape index (κ1) is 14.3. The van der Waals surface area contributed by atoms with Crippen LogP contribution in [0.25, 0.3) is 0 Å². The van der Waals surface area contributed by atoms with E-state index in [0.717, 1.165) is 6.42 Å².